The van der Waals surface area contributed by atoms with Gasteiger partial charge in [-0.05, 0) is 83.5 Å². The van der Waals surface area contributed by atoms with Crippen molar-refractivity contribution in [3.05, 3.63) is 72.9 Å². The van der Waals surface area contributed by atoms with Gasteiger partial charge in [-0.3, -0.25) is 9.36 Å². The molecular formula is C60H110NO7P. The third-order valence-corrected chi connectivity index (χ3v) is 13.2. The molecule has 69 heavy (non-hydrogen) atoms. The summed E-state index contributed by atoms with van der Waals surface area (Å²) in [6.45, 7) is 5.30. The average Bonchev–Trinajstić information content (AvgIpc) is 3.31. The van der Waals surface area contributed by atoms with Gasteiger partial charge >= 0.3 is 5.97 Å². The Hall–Kier alpha value is -2.06. The lowest BCUT2D eigenvalue weighted by Crippen LogP contribution is -2.37. The van der Waals surface area contributed by atoms with Gasteiger partial charge in [0.25, 0.3) is 7.82 Å². The number of carbonyl (C=O) groups excluding carboxylic acids is 1. The van der Waals surface area contributed by atoms with Gasteiger partial charge in [0.2, 0.25) is 0 Å². The monoisotopic (exact) mass is 988 g/mol. The Morgan fingerprint density at radius 1 is 0.464 bits per heavy atom. The molecule has 0 aromatic heterocycles. The molecule has 2 atom stereocenters. The molecule has 0 bridgehead atoms. The molecule has 0 fully saturated rings. The predicted octanol–water partition coefficient (Wildman–Crippen LogP) is 17.5. The van der Waals surface area contributed by atoms with Crippen LogP contribution in [0.4, 0.5) is 0 Å². The van der Waals surface area contributed by atoms with Crippen molar-refractivity contribution in [3.8, 4) is 0 Å². The Balaban J connectivity index is 4.09. The lowest BCUT2D eigenvalue weighted by Gasteiger charge is -2.28. The quantitative estimate of drug-likeness (QED) is 0.0197. The van der Waals surface area contributed by atoms with Crippen LogP contribution in [0, 0.1) is 0 Å². The molecule has 0 N–H and O–H groups in total. The van der Waals surface area contributed by atoms with Gasteiger partial charge < -0.3 is 27.9 Å². The largest absolute Gasteiger partial charge is 0.756 e. The lowest BCUT2D eigenvalue weighted by atomic mass is 10.0. The molecule has 402 valence electrons. The highest BCUT2D eigenvalue weighted by atomic mass is 31.2. The second-order valence-electron chi connectivity index (χ2n) is 20.3. The Bertz CT molecular complexity index is 1330. The molecule has 0 heterocycles. The van der Waals surface area contributed by atoms with Crippen LogP contribution in [0.3, 0.4) is 0 Å². The summed E-state index contributed by atoms with van der Waals surface area (Å²) in [6, 6.07) is 0. The fourth-order valence-corrected chi connectivity index (χ4v) is 8.59. The summed E-state index contributed by atoms with van der Waals surface area (Å²) in [5, 5.41) is 0. The number of carbonyl (C=O) groups is 1. The number of phosphoric ester groups is 1. The topological polar surface area (TPSA) is 94.1 Å². The minimum absolute atomic E-state index is 0.0229. The summed E-state index contributed by atoms with van der Waals surface area (Å²) in [5.41, 5.74) is 0. The number of quaternary nitrogens is 1. The van der Waals surface area contributed by atoms with Gasteiger partial charge in [0.15, 0.2) is 0 Å². The summed E-state index contributed by atoms with van der Waals surface area (Å²) in [4.78, 5) is 25.3. The number of esters is 1. The van der Waals surface area contributed by atoms with Gasteiger partial charge in [0.1, 0.15) is 19.3 Å². The minimum Gasteiger partial charge on any atom is -0.756 e. The van der Waals surface area contributed by atoms with E-state index < -0.39 is 13.9 Å². The van der Waals surface area contributed by atoms with Crippen LogP contribution in [0.2, 0.25) is 0 Å². The van der Waals surface area contributed by atoms with E-state index in [1.54, 1.807) is 0 Å². The van der Waals surface area contributed by atoms with Gasteiger partial charge in [-0.15, -0.1) is 0 Å². The molecule has 0 aliphatic heterocycles. The van der Waals surface area contributed by atoms with Crippen LogP contribution in [0.25, 0.3) is 0 Å². The second kappa shape index (κ2) is 52.3. The third-order valence-electron chi connectivity index (χ3n) is 12.2. The molecule has 0 aliphatic carbocycles. The Morgan fingerprint density at radius 3 is 1.26 bits per heavy atom. The Kier molecular flexibility index (Phi) is 50.7. The standard InChI is InChI=1S/C60H110NO7P/c1-6-8-10-12-14-16-18-20-22-24-26-28-30-31-32-33-35-37-39-41-43-45-47-49-51-53-60(62)68-59(58-67-69(63,64)66-56-54-61(3,4)5)57-65-55-52-50-48-46-44-42-40-38-36-34-29-27-25-23-21-19-17-15-13-11-9-7-2/h8,10,14,16,19-22,25-28,59H,6-7,9,11-13,15,17-18,23-24,29-58H2,1-5H3/b10-8-,16-14-,21-19-,22-20-,27-25-,28-26-. The lowest BCUT2D eigenvalue weighted by molar-refractivity contribution is -0.870. The van der Waals surface area contributed by atoms with E-state index in [1.807, 2.05) is 21.1 Å². The number of rotatable bonds is 53. The van der Waals surface area contributed by atoms with E-state index in [1.165, 1.54) is 161 Å². The van der Waals surface area contributed by atoms with Crippen LogP contribution in [0.1, 0.15) is 245 Å². The van der Waals surface area contributed by atoms with Crippen LogP contribution in [0.5, 0.6) is 0 Å². The van der Waals surface area contributed by atoms with Gasteiger partial charge in [-0.2, -0.15) is 0 Å². The summed E-state index contributed by atoms with van der Waals surface area (Å²) in [7, 11) is 1.35. The zero-order valence-corrected chi connectivity index (χ0v) is 46.6. The number of allylic oxidation sites excluding steroid dienone is 12. The van der Waals surface area contributed by atoms with Crippen LogP contribution in [-0.2, 0) is 27.9 Å². The first-order valence-electron chi connectivity index (χ1n) is 28.7. The Labute approximate surface area is 427 Å². The van der Waals surface area contributed by atoms with Crippen LogP contribution in [-0.4, -0.2) is 70.7 Å². The van der Waals surface area contributed by atoms with E-state index in [4.69, 9.17) is 18.5 Å². The van der Waals surface area contributed by atoms with E-state index in [0.717, 1.165) is 64.2 Å². The molecule has 9 heteroatoms. The average molecular weight is 989 g/mol. The number of nitrogens with zero attached hydrogens (tertiary/aromatic N) is 1. The maximum atomic E-state index is 12.8. The van der Waals surface area contributed by atoms with E-state index in [0.29, 0.717) is 24.1 Å². The van der Waals surface area contributed by atoms with Crippen molar-refractivity contribution in [1.82, 2.24) is 0 Å². The molecule has 0 saturated carbocycles. The Morgan fingerprint density at radius 2 is 0.841 bits per heavy atom. The molecule has 8 nitrogen and oxygen atoms in total. The fourth-order valence-electron chi connectivity index (χ4n) is 7.86. The van der Waals surface area contributed by atoms with Crippen LogP contribution >= 0.6 is 7.82 Å². The van der Waals surface area contributed by atoms with E-state index in [2.05, 4.69) is 86.8 Å². The van der Waals surface area contributed by atoms with Gasteiger partial charge in [0.05, 0.1) is 34.4 Å². The van der Waals surface area contributed by atoms with Crippen LogP contribution < -0.4 is 4.89 Å². The highest BCUT2D eigenvalue weighted by Crippen LogP contribution is 2.38. The second-order valence-corrected chi connectivity index (χ2v) is 21.7. The van der Waals surface area contributed by atoms with Crippen molar-refractivity contribution < 1.29 is 37.3 Å². The summed E-state index contributed by atoms with van der Waals surface area (Å²) < 4.78 is 34.9. The number of likely N-dealkylation sites (N-methyl/N-ethyl adjacent to an activating group) is 1. The van der Waals surface area contributed by atoms with Gasteiger partial charge in [-0.1, -0.05) is 228 Å². The van der Waals surface area contributed by atoms with E-state index in [-0.39, 0.29) is 25.8 Å². The number of phosphoric acid groups is 1. The zero-order chi connectivity index (χ0) is 50.5. The van der Waals surface area contributed by atoms with Gasteiger partial charge in [0, 0.05) is 13.0 Å². The fraction of sp³-hybridized carbons (Fsp3) is 0.783. The first-order chi connectivity index (χ1) is 33.6. The normalized spacial score (nSPS) is 14.0. The van der Waals surface area contributed by atoms with Crippen molar-refractivity contribution in [2.24, 2.45) is 0 Å². The van der Waals surface area contributed by atoms with E-state index in [9.17, 15) is 14.3 Å². The van der Waals surface area contributed by atoms with E-state index >= 15 is 0 Å². The molecule has 0 aromatic carbocycles. The summed E-state index contributed by atoms with van der Waals surface area (Å²) in [6.07, 6.45) is 69.4. The predicted molar refractivity (Wildman–Crippen MR) is 296 cm³/mol. The number of unbranched alkanes of at least 4 members (excludes halogenated alkanes) is 27. The van der Waals surface area contributed by atoms with Crippen molar-refractivity contribution in [1.29, 1.82) is 0 Å². The highest BCUT2D eigenvalue weighted by Gasteiger charge is 2.20. The third kappa shape index (κ3) is 56.7. The smallest absolute Gasteiger partial charge is 0.306 e. The maximum absolute atomic E-state index is 12.8. The van der Waals surface area contributed by atoms with Gasteiger partial charge in [-0.25, -0.2) is 0 Å². The van der Waals surface area contributed by atoms with Crippen molar-refractivity contribution in [2.75, 3.05) is 54.1 Å². The zero-order valence-electron chi connectivity index (χ0n) is 45.7. The van der Waals surface area contributed by atoms with Crippen molar-refractivity contribution >= 4 is 13.8 Å². The SMILES string of the molecule is CC/C=C\C/C=C\C/C=C\C/C=C\CCCCCCCCCCCCCCC(=O)OC(COCCCCCCCCCCCC/C=C\C/C=C\CCCCCCC)COP(=O)([O-])OCC[N+](C)(C)C. The molecule has 0 aromatic rings. The number of hydrogen-bond donors (Lipinski definition) is 0. The number of hydrogen-bond acceptors (Lipinski definition) is 7. The molecule has 0 spiro atoms. The summed E-state index contributed by atoms with van der Waals surface area (Å²) >= 11 is 0. The molecule has 2 unspecified atom stereocenters. The minimum atomic E-state index is -4.54. The summed E-state index contributed by atoms with van der Waals surface area (Å²) in [5.74, 6) is -0.337. The highest BCUT2D eigenvalue weighted by molar-refractivity contribution is 7.45. The number of ether oxygens (including phenoxy) is 2. The molecule has 0 rings (SSSR count). The maximum Gasteiger partial charge on any atom is 0.306 e. The van der Waals surface area contributed by atoms with Crippen molar-refractivity contribution in [2.45, 2.75) is 251 Å². The molecule has 0 saturated heterocycles. The van der Waals surface area contributed by atoms with Crippen molar-refractivity contribution in [3.63, 3.8) is 0 Å². The molecule has 0 amide bonds. The van der Waals surface area contributed by atoms with Crippen LogP contribution in [0.15, 0.2) is 72.9 Å². The first-order valence-corrected chi connectivity index (χ1v) is 30.1. The molecule has 0 radical (unpaired) electrons. The molecular weight excluding hydrogens is 878 g/mol. The first kappa shape index (κ1) is 66.9. The molecule has 0 aliphatic rings.